The minimum atomic E-state index is -1.04. The highest BCUT2D eigenvalue weighted by atomic mass is 19.1. The van der Waals surface area contributed by atoms with E-state index in [-0.39, 0.29) is 11.4 Å². The first kappa shape index (κ1) is 14.8. The van der Waals surface area contributed by atoms with E-state index in [4.69, 9.17) is 5.73 Å². The first-order valence-corrected chi connectivity index (χ1v) is 6.20. The van der Waals surface area contributed by atoms with Crippen LogP contribution < -0.4 is 16.4 Å². The third-order valence-corrected chi connectivity index (χ3v) is 3.03. The molecule has 1 aliphatic rings. The van der Waals surface area contributed by atoms with Crippen LogP contribution in [0.4, 0.5) is 20.6 Å². The van der Waals surface area contributed by atoms with Gasteiger partial charge in [0.2, 0.25) is 5.91 Å². The predicted octanol–water partition coefficient (Wildman–Crippen LogP) is 0.677. The second-order valence-corrected chi connectivity index (χ2v) is 5.23. The topological polar surface area (TPSA) is 105 Å². The van der Waals surface area contributed by atoms with Gasteiger partial charge in [-0.3, -0.25) is 14.5 Å². The Bertz CT molecular complexity index is 630. The number of urea groups is 1. The molecule has 0 unspecified atom stereocenters. The van der Waals surface area contributed by atoms with Gasteiger partial charge in [-0.1, -0.05) is 0 Å². The Morgan fingerprint density at radius 2 is 2.10 bits per heavy atom. The smallest absolute Gasteiger partial charge is 0.325 e. The Balaban J connectivity index is 2.06. The van der Waals surface area contributed by atoms with Crippen LogP contribution in [0.5, 0.6) is 0 Å². The second kappa shape index (κ2) is 5.04. The third-order valence-electron chi connectivity index (χ3n) is 3.03. The number of carbonyl (C=O) groups excluding carboxylic acids is 3. The normalized spacial score (nSPS) is 16.8. The van der Waals surface area contributed by atoms with Crippen LogP contribution in [-0.2, 0) is 9.59 Å². The average molecular weight is 294 g/mol. The molecule has 0 saturated carbocycles. The van der Waals surface area contributed by atoms with Crippen molar-refractivity contribution in [3.63, 3.8) is 0 Å². The van der Waals surface area contributed by atoms with E-state index in [9.17, 15) is 18.8 Å². The highest BCUT2D eigenvalue weighted by Gasteiger charge is 2.44. The Labute approximate surface area is 120 Å². The van der Waals surface area contributed by atoms with Crippen LogP contribution >= 0.6 is 0 Å². The van der Waals surface area contributed by atoms with Gasteiger partial charge in [0.25, 0.3) is 5.91 Å². The predicted molar refractivity (Wildman–Crippen MR) is 73.8 cm³/mol. The summed E-state index contributed by atoms with van der Waals surface area (Å²) in [7, 11) is 0. The first-order chi connectivity index (χ1) is 9.70. The number of rotatable bonds is 3. The largest absolute Gasteiger partial charge is 0.397 e. The molecule has 21 heavy (non-hydrogen) atoms. The van der Waals surface area contributed by atoms with E-state index in [1.54, 1.807) is 13.8 Å². The number of benzene rings is 1. The molecule has 1 heterocycles. The minimum Gasteiger partial charge on any atom is -0.397 e. The summed E-state index contributed by atoms with van der Waals surface area (Å²) < 4.78 is 12.9. The van der Waals surface area contributed by atoms with Gasteiger partial charge in [0.05, 0.1) is 11.4 Å². The van der Waals surface area contributed by atoms with Crippen molar-refractivity contribution in [1.82, 2.24) is 10.2 Å². The van der Waals surface area contributed by atoms with E-state index < -0.39 is 35.7 Å². The number of anilines is 2. The number of nitrogens with two attached hydrogens (primary N) is 1. The number of imide groups is 1. The molecular weight excluding hydrogens is 279 g/mol. The van der Waals surface area contributed by atoms with E-state index in [1.165, 1.54) is 6.07 Å². The zero-order valence-corrected chi connectivity index (χ0v) is 11.6. The van der Waals surface area contributed by atoms with Crippen LogP contribution in [0.2, 0.25) is 0 Å². The third kappa shape index (κ3) is 2.93. The lowest BCUT2D eigenvalue weighted by atomic mass is 10.1. The highest BCUT2D eigenvalue weighted by Crippen LogP contribution is 2.20. The van der Waals surface area contributed by atoms with Gasteiger partial charge in [-0.05, 0) is 32.0 Å². The molecule has 0 atom stereocenters. The average Bonchev–Trinajstić information content (AvgIpc) is 2.55. The molecule has 4 N–H and O–H groups in total. The number of halogens is 1. The fraction of sp³-hybridized carbons (Fsp3) is 0.308. The van der Waals surface area contributed by atoms with Gasteiger partial charge in [-0.2, -0.15) is 0 Å². The Hall–Kier alpha value is -2.64. The molecule has 1 fully saturated rings. The molecule has 1 aromatic carbocycles. The van der Waals surface area contributed by atoms with Crippen LogP contribution in [-0.4, -0.2) is 34.8 Å². The van der Waals surface area contributed by atoms with Crippen LogP contribution in [0, 0.1) is 5.82 Å². The van der Waals surface area contributed by atoms with Gasteiger partial charge in [0.15, 0.2) is 0 Å². The Kier molecular flexibility index (Phi) is 3.54. The number of nitrogens with zero attached hydrogens (tertiary/aromatic N) is 1. The molecule has 112 valence electrons. The van der Waals surface area contributed by atoms with E-state index in [0.717, 1.165) is 17.0 Å². The molecule has 1 saturated heterocycles. The zero-order chi connectivity index (χ0) is 15.8. The van der Waals surface area contributed by atoms with Crippen molar-refractivity contribution < 1.29 is 18.8 Å². The summed E-state index contributed by atoms with van der Waals surface area (Å²) in [6.07, 6.45) is 0. The fourth-order valence-electron chi connectivity index (χ4n) is 1.94. The molecule has 0 aliphatic carbocycles. The standard InChI is InChI=1S/C13H15FN4O3/c1-13(2)11(20)18(12(21)17-13)6-10(19)16-9-4-3-7(14)5-8(9)15/h3-5H,6,15H2,1-2H3,(H,16,19)(H,17,21). The SMILES string of the molecule is CC1(C)NC(=O)N(CC(=O)Nc2ccc(F)cc2N)C1=O. The lowest BCUT2D eigenvalue weighted by Gasteiger charge is -2.16. The van der Waals surface area contributed by atoms with Gasteiger partial charge in [-0.15, -0.1) is 0 Å². The van der Waals surface area contributed by atoms with Crippen LogP contribution in [0.1, 0.15) is 13.8 Å². The summed E-state index contributed by atoms with van der Waals surface area (Å²) in [5.41, 5.74) is 4.80. The van der Waals surface area contributed by atoms with Crippen LogP contribution in [0.3, 0.4) is 0 Å². The van der Waals surface area contributed by atoms with Crippen molar-refractivity contribution >= 4 is 29.2 Å². The van der Waals surface area contributed by atoms with E-state index in [2.05, 4.69) is 10.6 Å². The van der Waals surface area contributed by atoms with Crippen molar-refractivity contribution in [3.05, 3.63) is 24.0 Å². The number of carbonyl (C=O) groups is 3. The molecule has 0 bridgehead atoms. The second-order valence-electron chi connectivity index (χ2n) is 5.23. The van der Waals surface area contributed by atoms with Crippen molar-refractivity contribution in [2.24, 2.45) is 0 Å². The summed E-state index contributed by atoms with van der Waals surface area (Å²) in [4.78, 5) is 36.3. The molecule has 1 aromatic rings. The number of amides is 4. The maximum atomic E-state index is 12.9. The summed E-state index contributed by atoms with van der Waals surface area (Å²) >= 11 is 0. The first-order valence-electron chi connectivity index (χ1n) is 6.20. The quantitative estimate of drug-likeness (QED) is 0.563. The molecule has 0 spiro atoms. The number of nitrogens with one attached hydrogen (secondary N) is 2. The minimum absolute atomic E-state index is 0.0564. The molecule has 0 radical (unpaired) electrons. The van der Waals surface area contributed by atoms with Gasteiger partial charge in [-0.25, -0.2) is 9.18 Å². The molecule has 7 nitrogen and oxygen atoms in total. The maximum Gasteiger partial charge on any atom is 0.325 e. The lowest BCUT2D eigenvalue weighted by molar-refractivity contribution is -0.132. The summed E-state index contributed by atoms with van der Waals surface area (Å²) in [6, 6.07) is 2.88. The van der Waals surface area contributed by atoms with Crippen molar-refractivity contribution in [1.29, 1.82) is 0 Å². The zero-order valence-electron chi connectivity index (χ0n) is 11.6. The highest BCUT2D eigenvalue weighted by molar-refractivity contribution is 6.09. The fourth-order valence-corrected chi connectivity index (χ4v) is 1.94. The molecule has 8 heteroatoms. The molecule has 4 amide bonds. The van der Waals surface area contributed by atoms with Gasteiger partial charge >= 0.3 is 6.03 Å². The van der Waals surface area contributed by atoms with Gasteiger partial charge in [0, 0.05) is 0 Å². The molecule has 1 aliphatic heterocycles. The van der Waals surface area contributed by atoms with E-state index in [1.807, 2.05) is 0 Å². The monoisotopic (exact) mass is 294 g/mol. The Morgan fingerprint density at radius 3 is 2.62 bits per heavy atom. The van der Waals surface area contributed by atoms with Gasteiger partial charge < -0.3 is 16.4 Å². The van der Waals surface area contributed by atoms with Crippen LogP contribution in [0.15, 0.2) is 18.2 Å². The van der Waals surface area contributed by atoms with Crippen LogP contribution in [0.25, 0.3) is 0 Å². The summed E-state index contributed by atoms with van der Waals surface area (Å²) in [6.45, 7) is 2.65. The summed E-state index contributed by atoms with van der Waals surface area (Å²) in [5, 5.41) is 4.89. The number of hydrogen-bond acceptors (Lipinski definition) is 4. The van der Waals surface area contributed by atoms with E-state index >= 15 is 0 Å². The molecule has 2 rings (SSSR count). The molecule has 0 aromatic heterocycles. The maximum absolute atomic E-state index is 12.9. The number of nitrogen functional groups attached to an aromatic ring is 1. The van der Waals surface area contributed by atoms with Crippen molar-refractivity contribution in [3.8, 4) is 0 Å². The van der Waals surface area contributed by atoms with Gasteiger partial charge in [0.1, 0.15) is 17.9 Å². The lowest BCUT2D eigenvalue weighted by Crippen LogP contribution is -2.41. The summed E-state index contributed by atoms with van der Waals surface area (Å²) in [5.74, 6) is -1.62. The Morgan fingerprint density at radius 1 is 1.43 bits per heavy atom. The van der Waals surface area contributed by atoms with Crippen molar-refractivity contribution in [2.45, 2.75) is 19.4 Å². The number of hydrogen-bond donors (Lipinski definition) is 3. The molecular formula is C13H15FN4O3. The van der Waals surface area contributed by atoms with Crippen molar-refractivity contribution in [2.75, 3.05) is 17.6 Å². The van der Waals surface area contributed by atoms with E-state index in [0.29, 0.717) is 0 Å².